The molecule has 2 amide bonds. The molecular formula is C14H17N5O2. The minimum Gasteiger partial charge on any atom is -0.347 e. The van der Waals surface area contributed by atoms with Crippen LogP contribution in [0.25, 0.3) is 0 Å². The molecule has 0 spiro atoms. The number of aromatic nitrogens is 2. The van der Waals surface area contributed by atoms with Crippen molar-refractivity contribution < 1.29 is 9.59 Å². The van der Waals surface area contributed by atoms with E-state index in [-0.39, 0.29) is 18.4 Å². The number of aromatic amines is 1. The molecule has 0 unspecified atom stereocenters. The van der Waals surface area contributed by atoms with Crippen molar-refractivity contribution in [2.75, 3.05) is 12.0 Å². The standard InChI is InChI=1S/C14H17N5O2/c1-11(20)15-9-14(21)19(18-13-7-8-16-17-13)10-12-5-3-2-4-6-12/h2-8H,9-10H2,1H3,(H,15,20)(H2,16,17,18). The van der Waals surface area contributed by atoms with Crippen LogP contribution in [-0.2, 0) is 16.1 Å². The van der Waals surface area contributed by atoms with Crippen LogP contribution in [0.15, 0.2) is 42.6 Å². The molecular weight excluding hydrogens is 270 g/mol. The van der Waals surface area contributed by atoms with Gasteiger partial charge in [0.15, 0.2) is 0 Å². The zero-order chi connectivity index (χ0) is 15.1. The molecule has 3 N–H and O–H groups in total. The van der Waals surface area contributed by atoms with Gasteiger partial charge in [0.1, 0.15) is 5.82 Å². The first-order valence-electron chi connectivity index (χ1n) is 6.50. The predicted molar refractivity (Wildman–Crippen MR) is 77.9 cm³/mol. The van der Waals surface area contributed by atoms with E-state index in [1.165, 1.54) is 11.9 Å². The zero-order valence-corrected chi connectivity index (χ0v) is 11.7. The van der Waals surface area contributed by atoms with Crippen molar-refractivity contribution in [3.63, 3.8) is 0 Å². The van der Waals surface area contributed by atoms with Gasteiger partial charge in [0.2, 0.25) is 5.91 Å². The van der Waals surface area contributed by atoms with Crippen LogP contribution in [0.4, 0.5) is 5.82 Å². The topological polar surface area (TPSA) is 90.1 Å². The van der Waals surface area contributed by atoms with E-state index >= 15 is 0 Å². The highest BCUT2D eigenvalue weighted by Gasteiger charge is 2.15. The van der Waals surface area contributed by atoms with Gasteiger partial charge in [-0.3, -0.25) is 20.1 Å². The summed E-state index contributed by atoms with van der Waals surface area (Å²) in [4.78, 5) is 23.1. The van der Waals surface area contributed by atoms with E-state index in [0.717, 1.165) is 5.56 Å². The van der Waals surface area contributed by atoms with E-state index < -0.39 is 0 Å². The molecule has 0 radical (unpaired) electrons. The largest absolute Gasteiger partial charge is 0.347 e. The first kappa shape index (κ1) is 14.6. The fourth-order valence-electron chi connectivity index (χ4n) is 1.72. The molecule has 0 aliphatic carbocycles. The first-order valence-corrected chi connectivity index (χ1v) is 6.50. The molecule has 0 saturated heterocycles. The van der Waals surface area contributed by atoms with E-state index in [1.807, 2.05) is 30.3 Å². The maximum Gasteiger partial charge on any atom is 0.260 e. The highest BCUT2D eigenvalue weighted by atomic mass is 16.2. The quantitative estimate of drug-likeness (QED) is 0.689. The van der Waals surface area contributed by atoms with E-state index in [2.05, 4.69) is 20.9 Å². The van der Waals surface area contributed by atoms with Gasteiger partial charge in [0.25, 0.3) is 5.91 Å². The van der Waals surface area contributed by atoms with Crippen LogP contribution < -0.4 is 10.7 Å². The summed E-state index contributed by atoms with van der Waals surface area (Å²) < 4.78 is 0. The number of carbonyl (C=O) groups excluding carboxylic acids is 2. The Balaban J connectivity index is 2.06. The van der Waals surface area contributed by atoms with Gasteiger partial charge in [-0.1, -0.05) is 30.3 Å². The van der Waals surface area contributed by atoms with Gasteiger partial charge in [-0.05, 0) is 5.56 Å². The van der Waals surface area contributed by atoms with Crippen molar-refractivity contribution in [2.24, 2.45) is 0 Å². The molecule has 7 heteroatoms. The van der Waals surface area contributed by atoms with Crippen molar-refractivity contribution >= 4 is 17.6 Å². The van der Waals surface area contributed by atoms with Crippen molar-refractivity contribution in [3.8, 4) is 0 Å². The maximum atomic E-state index is 12.2. The first-order chi connectivity index (χ1) is 10.1. The van der Waals surface area contributed by atoms with Gasteiger partial charge in [0, 0.05) is 13.0 Å². The molecule has 0 aliphatic rings. The van der Waals surface area contributed by atoms with Crippen LogP contribution in [0.2, 0.25) is 0 Å². The number of amides is 2. The number of benzene rings is 1. The Morgan fingerprint density at radius 1 is 1.24 bits per heavy atom. The Morgan fingerprint density at radius 2 is 2.00 bits per heavy atom. The number of nitrogens with zero attached hydrogens (tertiary/aromatic N) is 2. The van der Waals surface area contributed by atoms with Gasteiger partial charge in [-0.15, -0.1) is 0 Å². The summed E-state index contributed by atoms with van der Waals surface area (Å²) in [7, 11) is 0. The highest BCUT2D eigenvalue weighted by molar-refractivity contribution is 5.84. The van der Waals surface area contributed by atoms with Crippen LogP contribution >= 0.6 is 0 Å². The summed E-state index contributed by atoms with van der Waals surface area (Å²) in [5.74, 6) is 0.107. The lowest BCUT2D eigenvalue weighted by Crippen LogP contribution is -2.42. The number of hydrogen-bond acceptors (Lipinski definition) is 4. The van der Waals surface area contributed by atoms with Crippen LogP contribution in [-0.4, -0.2) is 33.6 Å². The van der Waals surface area contributed by atoms with E-state index in [4.69, 9.17) is 0 Å². The Kier molecular flexibility index (Phi) is 4.92. The molecule has 110 valence electrons. The summed E-state index contributed by atoms with van der Waals surface area (Å²) in [5, 5.41) is 10.5. The van der Waals surface area contributed by atoms with E-state index in [9.17, 15) is 9.59 Å². The van der Waals surface area contributed by atoms with Crippen LogP contribution in [0.1, 0.15) is 12.5 Å². The number of anilines is 1. The molecule has 1 aromatic heterocycles. The second kappa shape index (κ2) is 7.09. The summed E-state index contributed by atoms with van der Waals surface area (Å²) in [6.45, 7) is 1.68. The third-order valence-electron chi connectivity index (χ3n) is 2.73. The molecule has 1 heterocycles. The fraction of sp³-hybridized carbons (Fsp3) is 0.214. The Morgan fingerprint density at radius 3 is 2.62 bits per heavy atom. The molecule has 21 heavy (non-hydrogen) atoms. The normalized spacial score (nSPS) is 9.95. The molecule has 0 atom stereocenters. The lowest BCUT2D eigenvalue weighted by molar-refractivity contribution is -0.131. The average molecular weight is 287 g/mol. The second-order valence-electron chi connectivity index (χ2n) is 4.46. The Labute approximate surface area is 122 Å². The Bertz CT molecular complexity index is 583. The summed E-state index contributed by atoms with van der Waals surface area (Å²) in [6.07, 6.45) is 1.58. The van der Waals surface area contributed by atoms with Crippen LogP contribution in [0, 0.1) is 0 Å². The molecule has 0 fully saturated rings. The Hall–Kier alpha value is -2.83. The molecule has 2 rings (SSSR count). The van der Waals surface area contributed by atoms with Gasteiger partial charge in [0.05, 0.1) is 19.3 Å². The van der Waals surface area contributed by atoms with Crippen molar-refractivity contribution in [1.82, 2.24) is 20.5 Å². The number of hydrazine groups is 1. The number of hydrogen-bond donors (Lipinski definition) is 3. The minimum atomic E-state index is -0.247. The minimum absolute atomic E-state index is 0.0662. The predicted octanol–water partition coefficient (Wildman–Crippen LogP) is 0.901. The highest BCUT2D eigenvalue weighted by Crippen LogP contribution is 2.07. The van der Waals surface area contributed by atoms with Gasteiger partial charge in [-0.2, -0.15) is 5.10 Å². The summed E-state index contributed by atoms with van der Waals surface area (Å²) in [6, 6.07) is 11.3. The van der Waals surface area contributed by atoms with Gasteiger partial charge in [-0.25, -0.2) is 5.01 Å². The molecule has 1 aromatic carbocycles. The molecule has 7 nitrogen and oxygen atoms in total. The maximum absolute atomic E-state index is 12.2. The monoisotopic (exact) mass is 287 g/mol. The zero-order valence-electron chi connectivity index (χ0n) is 11.7. The SMILES string of the molecule is CC(=O)NCC(=O)N(Cc1ccccc1)Nc1ccn[nH]1. The number of rotatable bonds is 6. The van der Waals surface area contributed by atoms with Crippen LogP contribution in [0.3, 0.4) is 0 Å². The molecule has 0 bridgehead atoms. The van der Waals surface area contributed by atoms with Crippen molar-refractivity contribution in [1.29, 1.82) is 0 Å². The molecule has 0 saturated carbocycles. The number of H-pyrrole nitrogens is 1. The fourth-order valence-corrected chi connectivity index (χ4v) is 1.72. The van der Waals surface area contributed by atoms with Crippen molar-refractivity contribution in [3.05, 3.63) is 48.2 Å². The molecule has 0 aliphatic heterocycles. The van der Waals surface area contributed by atoms with Crippen molar-refractivity contribution in [2.45, 2.75) is 13.5 Å². The second-order valence-corrected chi connectivity index (χ2v) is 4.46. The van der Waals surface area contributed by atoms with E-state index in [1.54, 1.807) is 12.3 Å². The van der Waals surface area contributed by atoms with E-state index in [0.29, 0.717) is 12.4 Å². The number of carbonyl (C=O) groups is 2. The van der Waals surface area contributed by atoms with Crippen LogP contribution in [0.5, 0.6) is 0 Å². The summed E-state index contributed by atoms with van der Waals surface area (Å²) in [5.41, 5.74) is 3.92. The third kappa shape index (κ3) is 4.64. The lowest BCUT2D eigenvalue weighted by Gasteiger charge is -2.23. The molecule has 2 aromatic rings. The summed E-state index contributed by atoms with van der Waals surface area (Å²) >= 11 is 0. The van der Waals surface area contributed by atoms with Gasteiger partial charge < -0.3 is 5.32 Å². The lowest BCUT2D eigenvalue weighted by atomic mass is 10.2. The average Bonchev–Trinajstić information content (AvgIpc) is 2.98. The smallest absolute Gasteiger partial charge is 0.260 e. The van der Waals surface area contributed by atoms with Gasteiger partial charge >= 0.3 is 0 Å². The third-order valence-corrected chi connectivity index (χ3v) is 2.73. The number of nitrogens with one attached hydrogen (secondary N) is 3.